The normalized spacial score (nSPS) is 15.0. The first-order chi connectivity index (χ1) is 9.24. The first kappa shape index (κ1) is 12.2. The van der Waals surface area contributed by atoms with Crippen LogP contribution in [0.15, 0.2) is 29.4 Å². The summed E-state index contributed by atoms with van der Waals surface area (Å²) in [5.41, 5.74) is 3.77. The lowest BCUT2D eigenvalue weighted by molar-refractivity contribution is 0.414. The third-order valence-corrected chi connectivity index (χ3v) is 3.54. The Morgan fingerprint density at radius 2 is 2.21 bits per heavy atom. The highest BCUT2D eigenvalue weighted by atomic mass is 15.1. The number of H-pyrrole nitrogens is 1. The van der Waals surface area contributed by atoms with Crippen molar-refractivity contribution < 1.29 is 0 Å². The molecule has 0 fully saturated rings. The number of benzene rings is 1. The van der Waals surface area contributed by atoms with Crippen LogP contribution in [0.2, 0.25) is 0 Å². The van der Waals surface area contributed by atoms with Crippen molar-refractivity contribution in [1.82, 2.24) is 15.2 Å². The molecule has 0 radical (unpaired) electrons. The van der Waals surface area contributed by atoms with Gasteiger partial charge in [-0.05, 0) is 44.3 Å². The number of nitrogens with zero attached hydrogens (tertiary/aromatic N) is 2. The number of aromatic amines is 1. The van der Waals surface area contributed by atoms with Crippen molar-refractivity contribution in [2.45, 2.75) is 6.42 Å². The van der Waals surface area contributed by atoms with Crippen LogP contribution < -0.4 is 5.32 Å². The van der Waals surface area contributed by atoms with E-state index in [0.29, 0.717) is 0 Å². The van der Waals surface area contributed by atoms with Crippen molar-refractivity contribution in [2.24, 2.45) is 4.99 Å². The molecule has 3 rings (SSSR count). The minimum atomic E-state index is 0.883. The standard InChI is InChI=1S/C15H20N4/c1-19(2)8-5-12-10-18-14-4-3-11(9-13(12)14)15-16-6-7-17-15/h3-4,9-10,18H,5-8H2,1-2H3,(H,16,17). The molecule has 100 valence electrons. The second-order valence-corrected chi connectivity index (χ2v) is 5.28. The number of hydrogen-bond acceptors (Lipinski definition) is 3. The Morgan fingerprint density at radius 3 is 2.95 bits per heavy atom. The van der Waals surface area contributed by atoms with Gasteiger partial charge >= 0.3 is 0 Å². The quantitative estimate of drug-likeness (QED) is 0.873. The zero-order valence-corrected chi connectivity index (χ0v) is 11.5. The van der Waals surface area contributed by atoms with E-state index in [1.165, 1.54) is 22.0 Å². The van der Waals surface area contributed by atoms with E-state index < -0.39 is 0 Å². The fourth-order valence-corrected chi connectivity index (χ4v) is 2.47. The van der Waals surface area contributed by atoms with Gasteiger partial charge in [0.2, 0.25) is 0 Å². The maximum absolute atomic E-state index is 4.49. The maximum Gasteiger partial charge on any atom is 0.128 e. The second-order valence-electron chi connectivity index (χ2n) is 5.28. The molecule has 0 saturated carbocycles. The molecule has 1 aliphatic heterocycles. The summed E-state index contributed by atoms with van der Waals surface area (Å²) in [5.74, 6) is 1.03. The summed E-state index contributed by atoms with van der Waals surface area (Å²) in [5, 5.41) is 4.65. The summed E-state index contributed by atoms with van der Waals surface area (Å²) in [4.78, 5) is 10.1. The molecule has 0 saturated heterocycles. The molecule has 2 N–H and O–H groups in total. The Labute approximate surface area is 113 Å². The van der Waals surface area contributed by atoms with Crippen LogP contribution >= 0.6 is 0 Å². The molecule has 1 aliphatic rings. The number of amidine groups is 1. The summed E-state index contributed by atoms with van der Waals surface area (Å²) in [6.07, 6.45) is 3.19. The van der Waals surface area contributed by atoms with E-state index in [9.17, 15) is 0 Å². The largest absolute Gasteiger partial charge is 0.368 e. The Balaban J connectivity index is 1.93. The molecular weight excluding hydrogens is 236 g/mol. The van der Waals surface area contributed by atoms with Crippen LogP contribution in [0.5, 0.6) is 0 Å². The van der Waals surface area contributed by atoms with Gasteiger partial charge in [0.15, 0.2) is 0 Å². The summed E-state index contributed by atoms with van der Waals surface area (Å²) in [6.45, 7) is 2.90. The Kier molecular flexibility index (Phi) is 3.25. The molecule has 2 heterocycles. The fraction of sp³-hybridized carbons (Fsp3) is 0.400. The second kappa shape index (κ2) is 5.05. The van der Waals surface area contributed by atoms with Crippen molar-refractivity contribution in [2.75, 3.05) is 33.7 Å². The summed E-state index contributed by atoms with van der Waals surface area (Å²) in [6, 6.07) is 6.52. The molecular formula is C15H20N4. The average molecular weight is 256 g/mol. The number of nitrogens with one attached hydrogen (secondary N) is 2. The van der Waals surface area contributed by atoms with Gasteiger partial charge in [0, 0.05) is 35.8 Å². The van der Waals surface area contributed by atoms with Gasteiger partial charge in [-0.25, -0.2) is 0 Å². The van der Waals surface area contributed by atoms with Crippen molar-refractivity contribution in [3.63, 3.8) is 0 Å². The van der Waals surface area contributed by atoms with Crippen molar-refractivity contribution in [3.05, 3.63) is 35.5 Å². The molecule has 0 aliphatic carbocycles. The lowest BCUT2D eigenvalue weighted by atomic mass is 10.1. The summed E-state index contributed by atoms with van der Waals surface area (Å²) < 4.78 is 0. The number of rotatable bonds is 4. The van der Waals surface area contributed by atoms with Crippen LogP contribution in [-0.4, -0.2) is 49.4 Å². The van der Waals surface area contributed by atoms with Crippen LogP contribution in [-0.2, 0) is 6.42 Å². The van der Waals surface area contributed by atoms with E-state index in [0.717, 1.165) is 31.9 Å². The molecule has 2 aromatic rings. The minimum Gasteiger partial charge on any atom is -0.368 e. The third kappa shape index (κ3) is 2.49. The van der Waals surface area contributed by atoms with E-state index in [-0.39, 0.29) is 0 Å². The molecule has 4 nitrogen and oxygen atoms in total. The first-order valence-corrected chi connectivity index (χ1v) is 6.77. The molecule has 0 unspecified atom stereocenters. The maximum atomic E-state index is 4.49. The van der Waals surface area contributed by atoms with Crippen LogP contribution in [0, 0.1) is 0 Å². The van der Waals surface area contributed by atoms with E-state index in [4.69, 9.17) is 0 Å². The van der Waals surface area contributed by atoms with E-state index in [2.05, 4.69) is 58.7 Å². The summed E-state index contributed by atoms with van der Waals surface area (Å²) >= 11 is 0. The van der Waals surface area contributed by atoms with Gasteiger partial charge < -0.3 is 15.2 Å². The summed E-state index contributed by atoms with van der Waals surface area (Å²) in [7, 11) is 4.22. The topological polar surface area (TPSA) is 43.4 Å². The molecule has 0 spiro atoms. The average Bonchev–Trinajstić information content (AvgIpc) is 3.05. The molecule has 4 heteroatoms. The number of hydrogen-bond donors (Lipinski definition) is 2. The molecule has 0 amide bonds. The van der Waals surface area contributed by atoms with Crippen LogP contribution in [0.25, 0.3) is 10.9 Å². The van der Waals surface area contributed by atoms with Crippen molar-refractivity contribution in [3.8, 4) is 0 Å². The lowest BCUT2D eigenvalue weighted by Gasteiger charge is -2.08. The predicted molar refractivity (Wildman–Crippen MR) is 80.0 cm³/mol. The highest BCUT2D eigenvalue weighted by molar-refractivity contribution is 6.02. The third-order valence-electron chi connectivity index (χ3n) is 3.54. The Hall–Kier alpha value is -1.81. The first-order valence-electron chi connectivity index (χ1n) is 6.77. The zero-order valence-electron chi connectivity index (χ0n) is 11.5. The lowest BCUT2D eigenvalue weighted by Crippen LogP contribution is -2.19. The van der Waals surface area contributed by atoms with E-state index in [1.54, 1.807) is 0 Å². The predicted octanol–water partition coefficient (Wildman–Crippen LogP) is 1.62. The minimum absolute atomic E-state index is 0.883. The van der Waals surface area contributed by atoms with Gasteiger partial charge in [-0.1, -0.05) is 0 Å². The van der Waals surface area contributed by atoms with E-state index >= 15 is 0 Å². The Morgan fingerprint density at radius 1 is 1.32 bits per heavy atom. The molecule has 19 heavy (non-hydrogen) atoms. The van der Waals surface area contributed by atoms with Crippen LogP contribution in [0.4, 0.5) is 0 Å². The van der Waals surface area contributed by atoms with Gasteiger partial charge in [-0.15, -0.1) is 0 Å². The van der Waals surface area contributed by atoms with Gasteiger partial charge in [0.05, 0.1) is 6.54 Å². The van der Waals surface area contributed by atoms with Crippen molar-refractivity contribution >= 4 is 16.7 Å². The van der Waals surface area contributed by atoms with Gasteiger partial charge in [0.1, 0.15) is 5.84 Å². The smallest absolute Gasteiger partial charge is 0.128 e. The van der Waals surface area contributed by atoms with Crippen LogP contribution in [0.3, 0.4) is 0 Å². The zero-order chi connectivity index (χ0) is 13.2. The van der Waals surface area contributed by atoms with Gasteiger partial charge in [-0.2, -0.15) is 0 Å². The number of aromatic nitrogens is 1. The SMILES string of the molecule is CN(C)CCc1c[nH]c2ccc(C3=NCCN3)cc12. The molecule has 0 atom stereocenters. The van der Waals surface area contributed by atoms with Crippen molar-refractivity contribution in [1.29, 1.82) is 0 Å². The monoisotopic (exact) mass is 256 g/mol. The highest BCUT2D eigenvalue weighted by Crippen LogP contribution is 2.21. The van der Waals surface area contributed by atoms with E-state index in [1.807, 2.05) is 0 Å². The van der Waals surface area contributed by atoms with Gasteiger partial charge in [-0.3, -0.25) is 4.99 Å². The molecule has 1 aromatic heterocycles. The number of aliphatic imine (C=N–C) groups is 1. The number of fused-ring (bicyclic) bond motifs is 1. The van der Waals surface area contributed by atoms with Gasteiger partial charge in [0.25, 0.3) is 0 Å². The molecule has 1 aromatic carbocycles. The van der Waals surface area contributed by atoms with Crippen LogP contribution in [0.1, 0.15) is 11.1 Å². The number of likely N-dealkylation sites (N-methyl/N-ethyl adjacent to an activating group) is 1. The highest BCUT2D eigenvalue weighted by Gasteiger charge is 2.10. The fourth-order valence-electron chi connectivity index (χ4n) is 2.47. The molecule has 0 bridgehead atoms. The Bertz CT molecular complexity index is 610.